The predicted octanol–water partition coefficient (Wildman–Crippen LogP) is 6.70. The van der Waals surface area contributed by atoms with Crippen LogP contribution in [-0.2, 0) is 6.18 Å². The van der Waals surface area contributed by atoms with Crippen molar-refractivity contribution < 1.29 is 18.0 Å². The summed E-state index contributed by atoms with van der Waals surface area (Å²) in [5, 5.41) is 2.66. The first-order valence-corrected chi connectivity index (χ1v) is 8.88. The van der Waals surface area contributed by atoms with Gasteiger partial charge in [-0.05, 0) is 54.4 Å². The van der Waals surface area contributed by atoms with Gasteiger partial charge in [-0.3, -0.25) is 4.79 Å². The Balaban J connectivity index is 1.90. The third-order valence-electron chi connectivity index (χ3n) is 4.06. The van der Waals surface area contributed by atoms with Crippen molar-refractivity contribution in [2.75, 3.05) is 5.32 Å². The minimum absolute atomic E-state index is 0.294. The quantitative estimate of drug-likeness (QED) is 0.489. The smallest absolute Gasteiger partial charge is 0.322 e. The van der Waals surface area contributed by atoms with E-state index in [0.29, 0.717) is 11.3 Å². The molecule has 0 aliphatic rings. The molecular formula is C21H15BrF3NO. The third kappa shape index (κ3) is 4.57. The Morgan fingerprint density at radius 1 is 0.926 bits per heavy atom. The largest absolute Gasteiger partial charge is 0.416 e. The lowest BCUT2D eigenvalue weighted by Crippen LogP contribution is -2.13. The van der Waals surface area contributed by atoms with Crippen LogP contribution in [-0.4, -0.2) is 5.91 Å². The number of aryl methyl sites for hydroxylation is 1. The van der Waals surface area contributed by atoms with Crippen molar-refractivity contribution in [3.05, 3.63) is 87.9 Å². The summed E-state index contributed by atoms with van der Waals surface area (Å²) in [6.07, 6.45) is -4.41. The number of anilines is 1. The van der Waals surface area contributed by atoms with Crippen LogP contribution in [0, 0.1) is 6.92 Å². The van der Waals surface area contributed by atoms with Crippen molar-refractivity contribution in [1.82, 2.24) is 0 Å². The van der Waals surface area contributed by atoms with Gasteiger partial charge in [0.25, 0.3) is 5.91 Å². The van der Waals surface area contributed by atoms with E-state index in [1.54, 1.807) is 6.07 Å². The van der Waals surface area contributed by atoms with Crippen LogP contribution in [0.25, 0.3) is 11.1 Å². The predicted molar refractivity (Wildman–Crippen MR) is 104 cm³/mol. The lowest BCUT2D eigenvalue weighted by molar-refractivity contribution is -0.137. The van der Waals surface area contributed by atoms with E-state index in [0.717, 1.165) is 33.3 Å². The number of amides is 1. The van der Waals surface area contributed by atoms with Crippen LogP contribution >= 0.6 is 15.9 Å². The highest BCUT2D eigenvalue weighted by Crippen LogP contribution is 2.31. The molecule has 0 heterocycles. The summed E-state index contributed by atoms with van der Waals surface area (Å²) in [6, 6.07) is 17.5. The van der Waals surface area contributed by atoms with Gasteiger partial charge in [0.1, 0.15) is 0 Å². The first kappa shape index (κ1) is 19.2. The standard InChI is InChI=1S/C21H15BrF3NO/c1-13-2-4-14(5-3-13)18-11-8-16(22)12-19(18)20(27)26-17-9-6-15(7-10-17)21(23,24)25/h2-12H,1H3,(H,26,27). The molecule has 0 aliphatic heterocycles. The summed E-state index contributed by atoms with van der Waals surface area (Å²) >= 11 is 3.36. The van der Waals surface area contributed by atoms with Gasteiger partial charge in [0.15, 0.2) is 0 Å². The number of carbonyl (C=O) groups is 1. The van der Waals surface area contributed by atoms with Crippen molar-refractivity contribution in [1.29, 1.82) is 0 Å². The Morgan fingerprint density at radius 3 is 2.15 bits per heavy atom. The lowest BCUT2D eigenvalue weighted by atomic mass is 9.98. The van der Waals surface area contributed by atoms with Crippen LogP contribution in [0.4, 0.5) is 18.9 Å². The fraction of sp³-hybridized carbons (Fsp3) is 0.0952. The van der Waals surface area contributed by atoms with E-state index in [9.17, 15) is 18.0 Å². The Labute approximate surface area is 163 Å². The van der Waals surface area contributed by atoms with E-state index < -0.39 is 17.6 Å². The van der Waals surface area contributed by atoms with Gasteiger partial charge in [0.05, 0.1) is 5.56 Å². The molecule has 0 aliphatic carbocycles. The van der Waals surface area contributed by atoms with Gasteiger partial charge in [0.2, 0.25) is 0 Å². The molecule has 0 saturated carbocycles. The second kappa shape index (κ2) is 7.56. The van der Waals surface area contributed by atoms with E-state index in [1.807, 2.05) is 43.3 Å². The first-order chi connectivity index (χ1) is 12.7. The zero-order chi connectivity index (χ0) is 19.6. The highest BCUT2D eigenvalue weighted by molar-refractivity contribution is 9.10. The molecule has 27 heavy (non-hydrogen) atoms. The van der Waals surface area contributed by atoms with Crippen LogP contribution in [0.5, 0.6) is 0 Å². The topological polar surface area (TPSA) is 29.1 Å². The van der Waals surface area contributed by atoms with Gasteiger partial charge < -0.3 is 5.32 Å². The molecule has 0 unspecified atom stereocenters. The van der Waals surface area contributed by atoms with E-state index in [1.165, 1.54) is 12.1 Å². The van der Waals surface area contributed by atoms with Crippen molar-refractivity contribution in [3.8, 4) is 11.1 Å². The average molecular weight is 434 g/mol. The summed E-state index contributed by atoms with van der Waals surface area (Å²) < 4.78 is 38.7. The molecule has 6 heteroatoms. The molecule has 0 radical (unpaired) electrons. The highest BCUT2D eigenvalue weighted by Gasteiger charge is 2.30. The van der Waals surface area contributed by atoms with Crippen molar-refractivity contribution >= 4 is 27.5 Å². The molecule has 1 amide bonds. The molecule has 0 aromatic heterocycles. The highest BCUT2D eigenvalue weighted by atomic mass is 79.9. The number of halogens is 4. The minimum Gasteiger partial charge on any atom is -0.322 e. The van der Waals surface area contributed by atoms with Gasteiger partial charge in [-0.2, -0.15) is 13.2 Å². The molecule has 3 aromatic rings. The normalized spacial score (nSPS) is 11.3. The second-order valence-electron chi connectivity index (χ2n) is 6.09. The SMILES string of the molecule is Cc1ccc(-c2ccc(Br)cc2C(=O)Nc2ccc(C(F)(F)F)cc2)cc1. The van der Waals surface area contributed by atoms with Crippen molar-refractivity contribution in [3.63, 3.8) is 0 Å². The summed E-state index contributed by atoms with van der Waals surface area (Å²) in [6.45, 7) is 1.98. The number of nitrogens with one attached hydrogen (secondary N) is 1. The monoisotopic (exact) mass is 433 g/mol. The molecule has 0 fully saturated rings. The summed E-state index contributed by atoms with van der Waals surface area (Å²) in [5.41, 5.74) is 2.68. The van der Waals surface area contributed by atoms with E-state index in [4.69, 9.17) is 0 Å². The molecular weight excluding hydrogens is 419 g/mol. The maximum absolute atomic E-state index is 12.8. The third-order valence-corrected chi connectivity index (χ3v) is 4.55. The van der Waals surface area contributed by atoms with Gasteiger partial charge in [-0.25, -0.2) is 0 Å². The van der Waals surface area contributed by atoms with Crippen LogP contribution in [0.2, 0.25) is 0 Å². The molecule has 3 rings (SSSR count). The van der Waals surface area contributed by atoms with E-state index in [2.05, 4.69) is 21.2 Å². The molecule has 0 bridgehead atoms. The number of benzene rings is 3. The number of hydrogen-bond donors (Lipinski definition) is 1. The zero-order valence-electron chi connectivity index (χ0n) is 14.3. The average Bonchev–Trinajstić information content (AvgIpc) is 2.62. The Morgan fingerprint density at radius 2 is 1.56 bits per heavy atom. The summed E-state index contributed by atoms with van der Waals surface area (Å²) in [7, 11) is 0. The lowest BCUT2D eigenvalue weighted by Gasteiger charge is -2.12. The molecule has 2 nitrogen and oxygen atoms in total. The van der Waals surface area contributed by atoms with Gasteiger partial charge >= 0.3 is 6.18 Å². The molecule has 3 aromatic carbocycles. The van der Waals surface area contributed by atoms with Gasteiger partial charge in [-0.1, -0.05) is 51.8 Å². The Bertz CT molecular complexity index is 964. The van der Waals surface area contributed by atoms with Gasteiger partial charge in [0, 0.05) is 15.7 Å². The first-order valence-electron chi connectivity index (χ1n) is 8.09. The molecule has 0 atom stereocenters. The van der Waals surface area contributed by atoms with E-state index >= 15 is 0 Å². The van der Waals surface area contributed by atoms with Crippen LogP contribution in [0.3, 0.4) is 0 Å². The van der Waals surface area contributed by atoms with Crippen molar-refractivity contribution in [2.24, 2.45) is 0 Å². The second-order valence-corrected chi connectivity index (χ2v) is 7.00. The number of carbonyl (C=O) groups excluding carboxylic acids is 1. The van der Waals surface area contributed by atoms with Crippen LogP contribution in [0.1, 0.15) is 21.5 Å². The molecule has 138 valence electrons. The minimum atomic E-state index is -4.41. The summed E-state index contributed by atoms with van der Waals surface area (Å²) in [5.74, 6) is -0.397. The molecule has 0 saturated heterocycles. The molecule has 0 spiro atoms. The van der Waals surface area contributed by atoms with Crippen molar-refractivity contribution in [2.45, 2.75) is 13.1 Å². The fourth-order valence-electron chi connectivity index (χ4n) is 2.63. The van der Waals surface area contributed by atoms with Crippen LogP contribution < -0.4 is 5.32 Å². The number of alkyl halides is 3. The van der Waals surface area contributed by atoms with Gasteiger partial charge in [-0.15, -0.1) is 0 Å². The van der Waals surface area contributed by atoms with E-state index in [-0.39, 0.29) is 0 Å². The number of rotatable bonds is 3. The molecule has 1 N–H and O–H groups in total. The Kier molecular flexibility index (Phi) is 5.37. The zero-order valence-corrected chi connectivity index (χ0v) is 15.9. The Hall–Kier alpha value is -2.60. The maximum Gasteiger partial charge on any atom is 0.416 e. The van der Waals surface area contributed by atoms with Crippen LogP contribution in [0.15, 0.2) is 71.2 Å². The maximum atomic E-state index is 12.8. The fourth-order valence-corrected chi connectivity index (χ4v) is 2.99. The summed E-state index contributed by atoms with van der Waals surface area (Å²) in [4.78, 5) is 12.8. The number of hydrogen-bond acceptors (Lipinski definition) is 1.